The number of carbonyl (C=O) groups is 1. The minimum atomic E-state index is -3.76. The highest BCUT2D eigenvalue weighted by atomic mass is 32.2. The summed E-state index contributed by atoms with van der Waals surface area (Å²) in [5.41, 5.74) is 2.25. The van der Waals surface area contributed by atoms with E-state index in [1.54, 1.807) is 41.3 Å². The van der Waals surface area contributed by atoms with Gasteiger partial charge in [0.05, 0.1) is 7.11 Å². The lowest BCUT2D eigenvalue weighted by Gasteiger charge is -2.15. The molecule has 3 rings (SSSR count). The van der Waals surface area contributed by atoms with Gasteiger partial charge in [-0.1, -0.05) is 12.1 Å². The first kappa shape index (κ1) is 16.3. The van der Waals surface area contributed by atoms with Crippen LogP contribution >= 0.6 is 0 Å². The van der Waals surface area contributed by atoms with Gasteiger partial charge in [-0.3, -0.25) is 9.52 Å². The summed E-state index contributed by atoms with van der Waals surface area (Å²) in [6.45, 7) is 2.14. The molecule has 0 fully saturated rings. The summed E-state index contributed by atoms with van der Waals surface area (Å²) < 4.78 is 32.9. The third-order valence-corrected chi connectivity index (χ3v) is 5.39. The number of methoxy groups -OCH3 is 1. The summed E-state index contributed by atoms with van der Waals surface area (Å²) in [6.07, 6.45) is 0.707. The first-order chi connectivity index (χ1) is 11.4. The van der Waals surface area contributed by atoms with E-state index in [0.717, 1.165) is 11.3 Å². The second kappa shape index (κ2) is 6.16. The number of fused-ring (bicyclic) bond motifs is 1. The molecular formula is C17H18N2O4S. The van der Waals surface area contributed by atoms with E-state index in [9.17, 15) is 13.2 Å². The number of hydrogen-bond donors (Lipinski definition) is 1. The Labute approximate surface area is 141 Å². The molecule has 2 aromatic rings. The number of amides is 1. The van der Waals surface area contributed by atoms with Crippen molar-refractivity contribution in [2.45, 2.75) is 18.2 Å². The van der Waals surface area contributed by atoms with E-state index in [1.807, 2.05) is 0 Å². The van der Waals surface area contributed by atoms with Crippen molar-refractivity contribution >= 4 is 27.3 Å². The fraction of sp³-hybridized carbons (Fsp3) is 0.235. The first-order valence-corrected chi connectivity index (χ1v) is 8.97. The average Bonchev–Trinajstić information content (AvgIpc) is 2.97. The van der Waals surface area contributed by atoms with Crippen molar-refractivity contribution in [1.82, 2.24) is 0 Å². The van der Waals surface area contributed by atoms with E-state index in [0.29, 0.717) is 18.7 Å². The summed E-state index contributed by atoms with van der Waals surface area (Å²) in [4.78, 5) is 13.3. The molecule has 0 aromatic heterocycles. The molecule has 0 saturated heterocycles. The van der Waals surface area contributed by atoms with Gasteiger partial charge >= 0.3 is 0 Å². The largest absolute Gasteiger partial charge is 0.495 e. The molecule has 1 amide bonds. The molecule has 1 aliphatic rings. The second-order valence-electron chi connectivity index (χ2n) is 5.52. The molecule has 1 N–H and O–H groups in total. The smallest absolute Gasteiger partial charge is 0.265 e. The molecule has 2 aromatic carbocycles. The quantitative estimate of drug-likeness (QED) is 0.922. The monoisotopic (exact) mass is 346 g/mol. The molecular weight excluding hydrogens is 328 g/mol. The highest BCUT2D eigenvalue weighted by Crippen LogP contribution is 2.32. The first-order valence-electron chi connectivity index (χ1n) is 7.49. The lowest BCUT2D eigenvalue weighted by atomic mass is 10.1. The van der Waals surface area contributed by atoms with Crippen molar-refractivity contribution < 1.29 is 17.9 Å². The van der Waals surface area contributed by atoms with E-state index in [2.05, 4.69) is 4.72 Å². The van der Waals surface area contributed by atoms with Gasteiger partial charge in [0.2, 0.25) is 5.91 Å². The fourth-order valence-corrected chi connectivity index (χ4v) is 4.06. The fourth-order valence-electron chi connectivity index (χ4n) is 2.84. The third kappa shape index (κ3) is 2.94. The van der Waals surface area contributed by atoms with Crippen molar-refractivity contribution in [3.8, 4) is 5.75 Å². The van der Waals surface area contributed by atoms with Crippen LogP contribution in [0.2, 0.25) is 0 Å². The molecule has 0 spiro atoms. The van der Waals surface area contributed by atoms with Crippen molar-refractivity contribution in [3.05, 3.63) is 48.0 Å². The number of anilines is 2. The van der Waals surface area contributed by atoms with Gasteiger partial charge in [0.15, 0.2) is 0 Å². The van der Waals surface area contributed by atoms with Crippen LogP contribution in [0.3, 0.4) is 0 Å². The number of benzene rings is 2. The third-order valence-electron chi connectivity index (χ3n) is 3.97. The van der Waals surface area contributed by atoms with Crippen LogP contribution in [0.5, 0.6) is 5.75 Å². The molecule has 0 saturated carbocycles. The molecule has 24 heavy (non-hydrogen) atoms. The number of hydrogen-bond acceptors (Lipinski definition) is 4. The van der Waals surface area contributed by atoms with Crippen LogP contribution in [0, 0.1) is 0 Å². The van der Waals surface area contributed by atoms with Gasteiger partial charge in [0.25, 0.3) is 10.0 Å². The number of nitrogens with one attached hydrogen (secondary N) is 1. The molecule has 126 valence electrons. The normalized spacial score (nSPS) is 13.5. The number of rotatable bonds is 4. The van der Waals surface area contributed by atoms with Crippen molar-refractivity contribution in [2.24, 2.45) is 0 Å². The minimum Gasteiger partial charge on any atom is -0.495 e. The molecule has 0 radical (unpaired) electrons. The summed E-state index contributed by atoms with van der Waals surface area (Å²) in [5.74, 6) is 0.269. The molecule has 1 aliphatic heterocycles. The van der Waals surface area contributed by atoms with E-state index in [-0.39, 0.29) is 16.6 Å². The second-order valence-corrected chi connectivity index (χ2v) is 7.17. The maximum absolute atomic E-state index is 12.6. The number of para-hydroxylation sites is 1. The molecule has 0 bridgehead atoms. The Morgan fingerprint density at radius 2 is 1.96 bits per heavy atom. The van der Waals surface area contributed by atoms with Gasteiger partial charge in [-0.25, -0.2) is 8.42 Å². The number of nitrogens with zero attached hydrogens (tertiary/aromatic N) is 1. The lowest BCUT2D eigenvalue weighted by molar-refractivity contribution is -0.116. The molecule has 0 atom stereocenters. The van der Waals surface area contributed by atoms with Crippen LogP contribution in [0.4, 0.5) is 11.4 Å². The van der Waals surface area contributed by atoms with Gasteiger partial charge < -0.3 is 9.64 Å². The zero-order valence-electron chi connectivity index (χ0n) is 13.4. The predicted molar refractivity (Wildman–Crippen MR) is 92.0 cm³/mol. The van der Waals surface area contributed by atoms with Crippen LogP contribution in [0.25, 0.3) is 0 Å². The number of sulfonamides is 1. The molecule has 0 unspecified atom stereocenters. The zero-order chi connectivity index (χ0) is 17.3. The van der Waals surface area contributed by atoms with Crippen molar-refractivity contribution in [2.75, 3.05) is 23.3 Å². The Balaban J connectivity index is 1.90. The highest BCUT2D eigenvalue weighted by Gasteiger charge is 2.24. The average molecular weight is 346 g/mol. The van der Waals surface area contributed by atoms with E-state index in [4.69, 9.17) is 4.74 Å². The minimum absolute atomic E-state index is 0.0175. The van der Waals surface area contributed by atoms with E-state index < -0.39 is 10.0 Å². The van der Waals surface area contributed by atoms with E-state index in [1.165, 1.54) is 20.1 Å². The summed E-state index contributed by atoms with van der Waals surface area (Å²) in [7, 11) is -2.33. The lowest BCUT2D eigenvalue weighted by Crippen LogP contribution is -2.25. The van der Waals surface area contributed by atoms with Gasteiger partial charge in [-0.15, -0.1) is 0 Å². The summed E-state index contributed by atoms with van der Waals surface area (Å²) in [5, 5.41) is 0. The van der Waals surface area contributed by atoms with Crippen LogP contribution in [-0.2, 0) is 21.2 Å². The standard InChI is InChI=1S/C17H18N2O4S/c1-12(20)19-10-9-13-11-14(7-8-15(13)19)18-24(21,22)17-6-4-3-5-16(17)23-2/h3-8,11,18H,9-10H2,1-2H3. The number of ether oxygens (including phenoxy) is 1. The molecule has 1 heterocycles. The summed E-state index contributed by atoms with van der Waals surface area (Å²) in [6, 6.07) is 11.6. The summed E-state index contributed by atoms with van der Waals surface area (Å²) >= 11 is 0. The molecule has 7 heteroatoms. The van der Waals surface area contributed by atoms with Gasteiger partial charge in [0.1, 0.15) is 10.6 Å². The Morgan fingerprint density at radius 3 is 2.67 bits per heavy atom. The predicted octanol–water partition coefficient (Wildman–Crippen LogP) is 2.41. The Morgan fingerprint density at radius 1 is 1.21 bits per heavy atom. The molecule has 6 nitrogen and oxygen atoms in total. The Hall–Kier alpha value is -2.54. The topological polar surface area (TPSA) is 75.7 Å². The van der Waals surface area contributed by atoms with Crippen molar-refractivity contribution in [3.63, 3.8) is 0 Å². The Bertz CT molecular complexity index is 893. The van der Waals surface area contributed by atoms with Crippen LogP contribution in [-0.4, -0.2) is 28.0 Å². The highest BCUT2D eigenvalue weighted by molar-refractivity contribution is 7.92. The maximum Gasteiger partial charge on any atom is 0.265 e. The Kier molecular flexibility index (Phi) is 4.19. The van der Waals surface area contributed by atoms with Gasteiger partial charge in [0, 0.05) is 24.8 Å². The van der Waals surface area contributed by atoms with Crippen LogP contribution < -0.4 is 14.4 Å². The molecule has 0 aliphatic carbocycles. The maximum atomic E-state index is 12.6. The van der Waals surface area contributed by atoms with Crippen LogP contribution in [0.1, 0.15) is 12.5 Å². The zero-order valence-corrected chi connectivity index (χ0v) is 14.3. The van der Waals surface area contributed by atoms with E-state index >= 15 is 0 Å². The number of carbonyl (C=O) groups excluding carboxylic acids is 1. The van der Waals surface area contributed by atoms with Crippen LogP contribution in [0.15, 0.2) is 47.4 Å². The van der Waals surface area contributed by atoms with Gasteiger partial charge in [-0.2, -0.15) is 0 Å². The van der Waals surface area contributed by atoms with Crippen molar-refractivity contribution in [1.29, 1.82) is 0 Å². The SMILES string of the molecule is COc1ccccc1S(=O)(=O)Nc1ccc2c(c1)CCN2C(C)=O. The van der Waals surface area contributed by atoms with Gasteiger partial charge in [-0.05, 0) is 42.3 Å².